The third kappa shape index (κ3) is 2.88. The number of ether oxygens (including phenoxy) is 1. The molecule has 2 rings (SSSR count). The quantitative estimate of drug-likeness (QED) is 0.641. The topological polar surface area (TPSA) is 35.2 Å². The predicted octanol–water partition coefficient (Wildman–Crippen LogP) is 3.45. The highest BCUT2D eigenvalue weighted by Gasteiger charge is 1.98. The summed E-state index contributed by atoms with van der Waals surface area (Å²) in [5.74, 6) is 0.709. The second kappa shape index (κ2) is 5.21. The second-order valence-corrected chi connectivity index (χ2v) is 3.75. The van der Waals surface area contributed by atoms with Gasteiger partial charge in [-0.2, -0.15) is 0 Å². The van der Waals surface area contributed by atoms with Crippen molar-refractivity contribution in [2.75, 3.05) is 12.8 Å². The van der Waals surface area contributed by atoms with Crippen molar-refractivity contribution >= 4 is 17.8 Å². The first-order chi connectivity index (χ1) is 8.29. The van der Waals surface area contributed by atoms with Gasteiger partial charge < -0.3 is 10.5 Å². The summed E-state index contributed by atoms with van der Waals surface area (Å²) in [6.45, 7) is 0. The first-order valence-electron chi connectivity index (χ1n) is 5.46. The summed E-state index contributed by atoms with van der Waals surface area (Å²) in [4.78, 5) is 0. The van der Waals surface area contributed by atoms with Crippen LogP contribution in [0.2, 0.25) is 0 Å². The zero-order valence-electron chi connectivity index (χ0n) is 9.76. The molecule has 0 amide bonds. The van der Waals surface area contributed by atoms with Gasteiger partial charge in [-0.3, -0.25) is 0 Å². The molecule has 0 aliphatic carbocycles. The molecule has 17 heavy (non-hydrogen) atoms. The van der Waals surface area contributed by atoms with Crippen molar-refractivity contribution < 1.29 is 4.74 Å². The third-order valence-electron chi connectivity index (χ3n) is 2.53. The van der Waals surface area contributed by atoms with E-state index in [1.165, 1.54) is 5.56 Å². The van der Waals surface area contributed by atoms with Crippen LogP contribution in [0.15, 0.2) is 48.5 Å². The molecular weight excluding hydrogens is 210 g/mol. The van der Waals surface area contributed by atoms with Crippen LogP contribution in [0.4, 0.5) is 5.69 Å². The van der Waals surface area contributed by atoms with Gasteiger partial charge in [-0.1, -0.05) is 48.6 Å². The van der Waals surface area contributed by atoms with Gasteiger partial charge >= 0.3 is 0 Å². The van der Waals surface area contributed by atoms with E-state index in [0.717, 1.165) is 5.56 Å². The fourth-order valence-electron chi connectivity index (χ4n) is 1.59. The van der Waals surface area contributed by atoms with Crippen LogP contribution < -0.4 is 10.5 Å². The molecule has 0 aromatic heterocycles. The number of methoxy groups -OCH3 is 1. The number of anilines is 1. The van der Waals surface area contributed by atoms with Crippen LogP contribution in [-0.2, 0) is 0 Å². The summed E-state index contributed by atoms with van der Waals surface area (Å²) >= 11 is 0. The molecule has 2 aromatic carbocycles. The lowest BCUT2D eigenvalue weighted by molar-refractivity contribution is 0.417. The SMILES string of the molecule is COc1cc(C=Cc2ccccc2)ccc1N. The molecule has 0 spiro atoms. The van der Waals surface area contributed by atoms with Gasteiger partial charge in [0.1, 0.15) is 5.75 Å². The molecule has 2 aromatic rings. The van der Waals surface area contributed by atoms with Gasteiger partial charge in [0.15, 0.2) is 0 Å². The van der Waals surface area contributed by atoms with Gasteiger partial charge in [0.05, 0.1) is 12.8 Å². The summed E-state index contributed by atoms with van der Waals surface area (Å²) in [7, 11) is 1.62. The van der Waals surface area contributed by atoms with E-state index in [0.29, 0.717) is 11.4 Å². The molecule has 0 bridgehead atoms. The Morgan fingerprint density at radius 1 is 0.941 bits per heavy atom. The highest BCUT2D eigenvalue weighted by molar-refractivity contribution is 5.72. The average molecular weight is 225 g/mol. The molecule has 86 valence electrons. The number of hydrogen-bond acceptors (Lipinski definition) is 2. The van der Waals surface area contributed by atoms with E-state index < -0.39 is 0 Å². The summed E-state index contributed by atoms with van der Waals surface area (Å²) in [6.07, 6.45) is 4.10. The Kier molecular flexibility index (Phi) is 3.46. The van der Waals surface area contributed by atoms with Crippen LogP contribution >= 0.6 is 0 Å². The van der Waals surface area contributed by atoms with Gasteiger partial charge in [-0.15, -0.1) is 0 Å². The van der Waals surface area contributed by atoms with Crippen LogP contribution in [-0.4, -0.2) is 7.11 Å². The molecule has 0 aliphatic rings. The molecule has 0 atom stereocenters. The van der Waals surface area contributed by atoms with Crippen molar-refractivity contribution in [2.24, 2.45) is 0 Å². The highest BCUT2D eigenvalue weighted by Crippen LogP contribution is 2.23. The molecule has 0 unspecified atom stereocenters. The van der Waals surface area contributed by atoms with Crippen molar-refractivity contribution in [3.05, 3.63) is 59.7 Å². The zero-order chi connectivity index (χ0) is 12.1. The van der Waals surface area contributed by atoms with Crippen LogP contribution in [0.5, 0.6) is 5.75 Å². The monoisotopic (exact) mass is 225 g/mol. The molecule has 0 radical (unpaired) electrons. The van der Waals surface area contributed by atoms with E-state index in [1.54, 1.807) is 7.11 Å². The van der Waals surface area contributed by atoms with E-state index in [-0.39, 0.29) is 0 Å². The normalized spacial score (nSPS) is 10.6. The standard InChI is InChI=1S/C15H15NO/c1-17-15-11-13(9-10-14(15)16)8-7-12-5-3-2-4-6-12/h2-11H,16H2,1H3. The number of nitrogen functional groups attached to an aromatic ring is 1. The smallest absolute Gasteiger partial charge is 0.142 e. The molecule has 0 aliphatic heterocycles. The fraction of sp³-hybridized carbons (Fsp3) is 0.0667. The van der Waals surface area contributed by atoms with E-state index in [2.05, 4.69) is 18.2 Å². The Morgan fingerprint density at radius 2 is 1.65 bits per heavy atom. The average Bonchev–Trinajstić information content (AvgIpc) is 2.39. The second-order valence-electron chi connectivity index (χ2n) is 3.75. The fourth-order valence-corrected chi connectivity index (χ4v) is 1.59. The van der Waals surface area contributed by atoms with Gasteiger partial charge in [-0.25, -0.2) is 0 Å². The minimum atomic E-state index is 0.657. The van der Waals surface area contributed by atoms with Gasteiger partial charge in [-0.05, 0) is 23.3 Å². The van der Waals surface area contributed by atoms with Crippen molar-refractivity contribution in [1.29, 1.82) is 0 Å². The summed E-state index contributed by atoms with van der Waals surface area (Å²) in [5.41, 5.74) is 8.65. The molecule has 2 nitrogen and oxygen atoms in total. The summed E-state index contributed by atoms with van der Waals surface area (Å²) in [6, 6.07) is 15.9. The largest absolute Gasteiger partial charge is 0.495 e. The molecule has 0 fully saturated rings. The van der Waals surface area contributed by atoms with Crippen molar-refractivity contribution in [3.63, 3.8) is 0 Å². The molecule has 0 heterocycles. The van der Waals surface area contributed by atoms with E-state index in [4.69, 9.17) is 10.5 Å². The lowest BCUT2D eigenvalue weighted by atomic mass is 10.1. The lowest BCUT2D eigenvalue weighted by Gasteiger charge is -2.04. The van der Waals surface area contributed by atoms with Crippen LogP contribution in [0.25, 0.3) is 12.2 Å². The summed E-state index contributed by atoms with van der Waals surface area (Å²) in [5, 5.41) is 0. The third-order valence-corrected chi connectivity index (χ3v) is 2.53. The van der Waals surface area contributed by atoms with Crippen LogP contribution in [0.1, 0.15) is 11.1 Å². The molecule has 2 heteroatoms. The van der Waals surface area contributed by atoms with Crippen LogP contribution in [0, 0.1) is 0 Å². The Hall–Kier alpha value is -2.22. The van der Waals surface area contributed by atoms with Gasteiger partial charge in [0.25, 0.3) is 0 Å². The molecule has 2 N–H and O–H groups in total. The minimum Gasteiger partial charge on any atom is -0.495 e. The van der Waals surface area contributed by atoms with Crippen molar-refractivity contribution in [2.45, 2.75) is 0 Å². The lowest BCUT2D eigenvalue weighted by Crippen LogP contribution is -1.91. The Morgan fingerprint density at radius 3 is 2.35 bits per heavy atom. The Balaban J connectivity index is 2.22. The molecular formula is C15H15NO. The Labute approximate surface area is 101 Å². The maximum absolute atomic E-state index is 5.76. The van der Waals surface area contributed by atoms with Gasteiger partial charge in [0.2, 0.25) is 0 Å². The Bertz CT molecular complexity index is 518. The zero-order valence-corrected chi connectivity index (χ0v) is 9.76. The highest BCUT2D eigenvalue weighted by atomic mass is 16.5. The van der Waals surface area contributed by atoms with Crippen molar-refractivity contribution in [3.8, 4) is 5.75 Å². The number of hydrogen-bond donors (Lipinski definition) is 1. The number of rotatable bonds is 3. The van der Waals surface area contributed by atoms with E-state index in [9.17, 15) is 0 Å². The first-order valence-corrected chi connectivity index (χ1v) is 5.46. The number of benzene rings is 2. The van der Waals surface area contributed by atoms with Crippen LogP contribution in [0.3, 0.4) is 0 Å². The predicted molar refractivity (Wildman–Crippen MR) is 72.8 cm³/mol. The van der Waals surface area contributed by atoms with Crippen molar-refractivity contribution in [1.82, 2.24) is 0 Å². The van der Waals surface area contributed by atoms with E-state index in [1.807, 2.05) is 42.5 Å². The minimum absolute atomic E-state index is 0.657. The molecule has 0 saturated heterocycles. The molecule has 0 saturated carbocycles. The maximum atomic E-state index is 5.76. The van der Waals surface area contributed by atoms with E-state index >= 15 is 0 Å². The van der Waals surface area contributed by atoms with Gasteiger partial charge in [0, 0.05) is 0 Å². The first kappa shape index (κ1) is 11.3. The maximum Gasteiger partial charge on any atom is 0.142 e. The summed E-state index contributed by atoms with van der Waals surface area (Å²) < 4.78 is 5.18. The number of nitrogens with two attached hydrogens (primary N) is 1.